The summed E-state index contributed by atoms with van der Waals surface area (Å²) in [5, 5.41) is 3.28. The van der Waals surface area contributed by atoms with Gasteiger partial charge in [-0.2, -0.15) is 0 Å². The normalized spacial score (nSPS) is 24.9. The minimum atomic E-state index is 0.906. The van der Waals surface area contributed by atoms with Crippen molar-refractivity contribution in [1.29, 1.82) is 0 Å². The van der Waals surface area contributed by atoms with E-state index in [-0.39, 0.29) is 0 Å². The molecule has 62 valence electrons. The average molecular weight is 188 g/mol. The summed E-state index contributed by atoms with van der Waals surface area (Å²) in [5.41, 5.74) is 0. The van der Waals surface area contributed by atoms with Crippen LogP contribution in [0.3, 0.4) is 0 Å². The zero-order chi connectivity index (χ0) is 7.52. The Bertz CT molecular complexity index is 166. The fourth-order valence-corrected chi connectivity index (χ4v) is 3.18. The summed E-state index contributed by atoms with van der Waals surface area (Å²) < 4.78 is 1.32. The van der Waals surface area contributed by atoms with Crippen LogP contribution >= 0.6 is 23.5 Å². The van der Waals surface area contributed by atoms with Gasteiger partial charge in [0.15, 0.2) is 0 Å². The summed E-state index contributed by atoms with van der Waals surface area (Å²) in [7, 11) is 0. The molecular weight excluding hydrogens is 176 g/mol. The largest absolute Gasteiger partial charge is 0.316 e. The van der Waals surface area contributed by atoms with Crippen LogP contribution in [0.25, 0.3) is 0 Å². The topological polar surface area (TPSA) is 24.4 Å². The van der Waals surface area contributed by atoms with Crippen molar-refractivity contribution in [3.05, 3.63) is 0 Å². The summed E-state index contributed by atoms with van der Waals surface area (Å²) in [6.07, 6.45) is 0. The van der Waals surface area contributed by atoms with E-state index in [1.54, 1.807) is 0 Å². The van der Waals surface area contributed by atoms with Crippen LogP contribution in [0.5, 0.6) is 0 Å². The van der Waals surface area contributed by atoms with Crippen LogP contribution in [0.2, 0.25) is 0 Å². The highest BCUT2D eigenvalue weighted by Gasteiger charge is 2.18. The summed E-state index contributed by atoms with van der Waals surface area (Å²) in [6.45, 7) is 3.46. The first-order valence-corrected chi connectivity index (χ1v) is 5.93. The smallest absolute Gasteiger partial charge is 0.124 e. The minimum absolute atomic E-state index is 0.906. The molecule has 0 aromatic heterocycles. The molecule has 0 aromatic rings. The Hall–Kier alpha value is 0.330. The van der Waals surface area contributed by atoms with Crippen LogP contribution in [0, 0.1) is 5.92 Å². The molecule has 1 saturated heterocycles. The molecule has 2 aliphatic heterocycles. The molecule has 1 N–H and O–H groups in total. The Morgan fingerprint density at radius 1 is 1.64 bits per heavy atom. The molecule has 0 aromatic carbocycles. The van der Waals surface area contributed by atoms with Crippen LogP contribution < -0.4 is 5.32 Å². The average Bonchev–Trinajstić information content (AvgIpc) is 2.36. The summed E-state index contributed by atoms with van der Waals surface area (Å²) in [6, 6.07) is 0. The van der Waals surface area contributed by atoms with Gasteiger partial charge in [-0.05, 0) is 19.0 Å². The molecule has 1 fully saturated rings. The van der Waals surface area contributed by atoms with E-state index in [0.717, 1.165) is 12.5 Å². The van der Waals surface area contributed by atoms with E-state index in [0.29, 0.717) is 0 Å². The monoisotopic (exact) mass is 188 g/mol. The number of aliphatic imine (C=N–C) groups is 1. The summed E-state index contributed by atoms with van der Waals surface area (Å²) in [5.74, 6) is 3.37. The zero-order valence-electron chi connectivity index (χ0n) is 6.38. The first-order chi connectivity index (χ1) is 5.45. The second-order valence-corrected chi connectivity index (χ2v) is 5.18. The highest BCUT2D eigenvalue weighted by molar-refractivity contribution is 8.39. The third-order valence-corrected chi connectivity index (χ3v) is 4.35. The number of hydrogen-bond donors (Lipinski definition) is 1. The van der Waals surface area contributed by atoms with Crippen LogP contribution in [-0.2, 0) is 0 Å². The molecule has 4 heteroatoms. The number of nitrogens with one attached hydrogen (secondary N) is 1. The molecule has 2 aliphatic rings. The predicted molar refractivity (Wildman–Crippen MR) is 53.6 cm³/mol. The molecule has 0 atom stereocenters. The van der Waals surface area contributed by atoms with Gasteiger partial charge in [0.05, 0.1) is 6.54 Å². The summed E-state index contributed by atoms with van der Waals surface area (Å²) >= 11 is 3.85. The van der Waals surface area contributed by atoms with Crippen molar-refractivity contribution in [2.24, 2.45) is 10.9 Å². The molecule has 0 bridgehead atoms. The maximum Gasteiger partial charge on any atom is 0.124 e. The minimum Gasteiger partial charge on any atom is -0.316 e. The van der Waals surface area contributed by atoms with Gasteiger partial charge in [-0.15, -0.1) is 0 Å². The molecule has 0 unspecified atom stereocenters. The Kier molecular flexibility index (Phi) is 2.77. The van der Waals surface area contributed by atoms with Gasteiger partial charge in [0, 0.05) is 11.5 Å². The molecule has 2 heterocycles. The SMILES string of the molecule is C1CSC(SCC2CNC2)=N1. The van der Waals surface area contributed by atoms with Crippen molar-refractivity contribution in [1.82, 2.24) is 5.32 Å². The number of nitrogens with zero attached hydrogens (tertiary/aromatic N) is 1. The van der Waals surface area contributed by atoms with E-state index in [9.17, 15) is 0 Å². The molecule has 2 nitrogen and oxygen atoms in total. The quantitative estimate of drug-likeness (QED) is 0.701. The van der Waals surface area contributed by atoms with E-state index >= 15 is 0 Å². The van der Waals surface area contributed by atoms with Crippen molar-refractivity contribution >= 4 is 27.9 Å². The lowest BCUT2D eigenvalue weighted by Crippen LogP contribution is -2.43. The van der Waals surface area contributed by atoms with Crippen LogP contribution in [0.1, 0.15) is 0 Å². The second kappa shape index (κ2) is 3.83. The van der Waals surface area contributed by atoms with E-state index in [1.807, 2.05) is 23.5 Å². The number of hydrogen-bond acceptors (Lipinski definition) is 4. The molecular formula is C7H12N2S2. The standard InChI is InChI=1S/C7H12N2S2/c1-2-10-7(9-1)11-5-6-3-8-4-6/h6,8H,1-5H2. The Balaban J connectivity index is 1.65. The van der Waals surface area contributed by atoms with Crippen molar-refractivity contribution < 1.29 is 0 Å². The zero-order valence-corrected chi connectivity index (χ0v) is 8.01. The van der Waals surface area contributed by atoms with E-state index < -0.39 is 0 Å². The third-order valence-electron chi connectivity index (χ3n) is 1.87. The first-order valence-electron chi connectivity index (χ1n) is 3.96. The van der Waals surface area contributed by atoms with Crippen molar-refractivity contribution in [3.8, 4) is 0 Å². The van der Waals surface area contributed by atoms with Gasteiger partial charge in [0.2, 0.25) is 0 Å². The lowest BCUT2D eigenvalue weighted by Gasteiger charge is -2.26. The molecule has 0 spiro atoms. The van der Waals surface area contributed by atoms with E-state index in [4.69, 9.17) is 0 Å². The highest BCUT2D eigenvalue weighted by atomic mass is 32.2. The summed E-state index contributed by atoms with van der Waals surface area (Å²) in [4.78, 5) is 4.39. The van der Waals surface area contributed by atoms with Crippen LogP contribution in [0.15, 0.2) is 4.99 Å². The lowest BCUT2D eigenvalue weighted by molar-refractivity contribution is 0.385. The number of thioether (sulfide) groups is 2. The van der Waals surface area contributed by atoms with Gasteiger partial charge < -0.3 is 5.32 Å². The molecule has 0 amide bonds. The van der Waals surface area contributed by atoms with E-state index in [1.165, 1.54) is 29.0 Å². The fraction of sp³-hybridized carbons (Fsp3) is 0.857. The van der Waals surface area contributed by atoms with Crippen molar-refractivity contribution in [2.75, 3.05) is 31.1 Å². The van der Waals surface area contributed by atoms with Gasteiger partial charge in [-0.3, -0.25) is 4.99 Å². The Morgan fingerprint density at radius 3 is 3.09 bits per heavy atom. The molecule has 0 aliphatic carbocycles. The predicted octanol–water partition coefficient (Wildman–Crippen LogP) is 1.04. The maximum atomic E-state index is 4.39. The highest BCUT2D eigenvalue weighted by Crippen LogP contribution is 2.24. The molecule has 0 radical (unpaired) electrons. The molecule has 0 saturated carbocycles. The number of rotatable bonds is 2. The molecule has 11 heavy (non-hydrogen) atoms. The van der Waals surface area contributed by atoms with Crippen LogP contribution in [0.4, 0.5) is 0 Å². The van der Waals surface area contributed by atoms with E-state index in [2.05, 4.69) is 10.3 Å². The van der Waals surface area contributed by atoms with Gasteiger partial charge in [-0.1, -0.05) is 23.5 Å². The lowest BCUT2D eigenvalue weighted by atomic mass is 10.1. The molecule has 2 rings (SSSR count). The van der Waals surface area contributed by atoms with Gasteiger partial charge >= 0.3 is 0 Å². The Labute approximate surface area is 75.6 Å². The fourth-order valence-electron chi connectivity index (χ4n) is 1.06. The third kappa shape index (κ3) is 2.13. The first kappa shape index (κ1) is 7.95. The van der Waals surface area contributed by atoms with Crippen molar-refractivity contribution in [2.45, 2.75) is 0 Å². The maximum absolute atomic E-state index is 4.39. The van der Waals surface area contributed by atoms with Gasteiger partial charge in [0.1, 0.15) is 4.38 Å². The second-order valence-electron chi connectivity index (χ2n) is 2.83. The van der Waals surface area contributed by atoms with Gasteiger partial charge in [0.25, 0.3) is 0 Å². The van der Waals surface area contributed by atoms with Crippen molar-refractivity contribution in [3.63, 3.8) is 0 Å². The Morgan fingerprint density at radius 2 is 2.55 bits per heavy atom. The van der Waals surface area contributed by atoms with Crippen LogP contribution in [-0.4, -0.2) is 35.5 Å². The van der Waals surface area contributed by atoms with Gasteiger partial charge in [-0.25, -0.2) is 0 Å².